The van der Waals surface area contributed by atoms with Crippen molar-refractivity contribution < 1.29 is 22.1 Å². The molecular weight excluding hydrogens is 354 g/mol. The Kier molecular flexibility index (Phi) is 7.50. The number of Topliss-reactive ketones (excluding diaryl/α,β-unsaturated/α-hetero) is 1. The normalized spacial score (nSPS) is 11.6. The summed E-state index contributed by atoms with van der Waals surface area (Å²) in [5.74, 6) is 0.675. The fraction of sp³-hybridized carbons (Fsp3) is 0.263. The van der Waals surface area contributed by atoms with E-state index in [1.54, 1.807) is 42.6 Å². The highest BCUT2D eigenvalue weighted by molar-refractivity contribution is 7.85. The fourth-order valence-electron chi connectivity index (χ4n) is 2.06. The first-order valence-electron chi connectivity index (χ1n) is 8.12. The SMILES string of the molecule is CS(=O)(=O)OCCCOc1ccc(N=CCC(=O)c2ccccc2)cc1. The molecule has 2 aromatic rings. The Bertz CT molecular complexity index is 830. The quantitative estimate of drug-likeness (QED) is 0.275. The van der Waals surface area contributed by atoms with Crippen LogP contribution in [0.1, 0.15) is 23.2 Å². The predicted octanol–water partition coefficient (Wildman–Crippen LogP) is 3.41. The first-order valence-corrected chi connectivity index (χ1v) is 9.94. The summed E-state index contributed by atoms with van der Waals surface area (Å²) in [6, 6.07) is 16.2. The number of ketones is 1. The van der Waals surface area contributed by atoms with Crippen molar-refractivity contribution in [1.82, 2.24) is 0 Å². The maximum atomic E-state index is 12.0. The molecule has 0 aromatic heterocycles. The zero-order chi connectivity index (χ0) is 18.8. The van der Waals surface area contributed by atoms with Gasteiger partial charge in [0.05, 0.1) is 25.2 Å². The molecule has 0 radical (unpaired) electrons. The minimum atomic E-state index is -3.40. The van der Waals surface area contributed by atoms with Gasteiger partial charge in [-0.25, -0.2) is 0 Å². The highest BCUT2D eigenvalue weighted by Gasteiger charge is 2.03. The maximum absolute atomic E-state index is 12.0. The van der Waals surface area contributed by atoms with E-state index in [4.69, 9.17) is 4.74 Å². The van der Waals surface area contributed by atoms with Gasteiger partial charge in [0.2, 0.25) is 0 Å². The molecule has 0 heterocycles. The molecule has 2 rings (SSSR count). The Morgan fingerprint density at radius 3 is 2.38 bits per heavy atom. The smallest absolute Gasteiger partial charge is 0.264 e. The van der Waals surface area contributed by atoms with Crippen LogP contribution in [0.15, 0.2) is 59.6 Å². The number of hydrogen-bond donors (Lipinski definition) is 0. The summed E-state index contributed by atoms with van der Waals surface area (Å²) in [6.45, 7) is 0.445. The molecule has 6 nitrogen and oxygen atoms in total. The van der Waals surface area contributed by atoms with Gasteiger partial charge in [0.15, 0.2) is 5.78 Å². The van der Waals surface area contributed by atoms with Gasteiger partial charge in [-0.05, 0) is 24.3 Å². The minimum absolute atomic E-state index is 0.0191. The molecule has 0 N–H and O–H groups in total. The average molecular weight is 375 g/mol. The van der Waals surface area contributed by atoms with Gasteiger partial charge in [-0.1, -0.05) is 30.3 Å². The summed E-state index contributed by atoms with van der Waals surface area (Å²) >= 11 is 0. The molecule has 0 amide bonds. The van der Waals surface area contributed by atoms with Crippen molar-refractivity contribution in [3.63, 3.8) is 0 Å². The number of nitrogens with zero attached hydrogens (tertiary/aromatic N) is 1. The molecule has 0 aliphatic heterocycles. The third-order valence-corrected chi connectivity index (χ3v) is 3.90. The number of rotatable bonds is 10. The molecule has 0 unspecified atom stereocenters. The Balaban J connectivity index is 1.74. The first kappa shape index (κ1) is 19.8. The lowest BCUT2D eigenvalue weighted by atomic mass is 10.1. The summed E-state index contributed by atoms with van der Waals surface area (Å²) in [7, 11) is -3.40. The van der Waals surface area contributed by atoms with E-state index in [9.17, 15) is 13.2 Å². The van der Waals surface area contributed by atoms with Crippen molar-refractivity contribution in [1.29, 1.82) is 0 Å². The van der Waals surface area contributed by atoms with Gasteiger partial charge >= 0.3 is 0 Å². The Morgan fingerprint density at radius 2 is 1.73 bits per heavy atom. The molecular formula is C19H21NO5S. The molecule has 0 saturated heterocycles. The van der Waals surface area contributed by atoms with Crippen LogP contribution in [-0.2, 0) is 14.3 Å². The number of hydrogen-bond acceptors (Lipinski definition) is 6. The van der Waals surface area contributed by atoms with Crippen molar-refractivity contribution in [2.75, 3.05) is 19.5 Å². The third kappa shape index (κ3) is 7.58. The van der Waals surface area contributed by atoms with Crippen molar-refractivity contribution in [2.24, 2.45) is 4.99 Å². The number of carbonyl (C=O) groups excluding carboxylic acids is 1. The maximum Gasteiger partial charge on any atom is 0.264 e. The second kappa shape index (κ2) is 9.84. The summed E-state index contributed by atoms with van der Waals surface area (Å²) < 4.78 is 31.7. The third-order valence-electron chi connectivity index (χ3n) is 3.30. The molecule has 2 aromatic carbocycles. The van der Waals surface area contributed by atoms with Gasteiger partial charge in [0.1, 0.15) is 5.75 Å². The van der Waals surface area contributed by atoms with Crippen LogP contribution in [0.4, 0.5) is 5.69 Å². The molecule has 0 bridgehead atoms. The zero-order valence-corrected chi connectivity index (χ0v) is 15.3. The summed E-state index contributed by atoms with van der Waals surface area (Å²) in [6.07, 6.45) is 3.31. The van der Waals surface area contributed by atoms with Crippen molar-refractivity contribution in [2.45, 2.75) is 12.8 Å². The number of benzene rings is 2. The van der Waals surface area contributed by atoms with Crippen molar-refractivity contribution in [3.8, 4) is 5.75 Å². The van der Waals surface area contributed by atoms with Crippen LogP contribution in [0.2, 0.25) is 0 Å². The largest absolute Gasteiger partial charge is 0.494 e. The van der Waals surface area contributed by atoms with Crippen molar-refractivity contribution >= 4 is 27.8 Å². The van der Waals surface area contributed by atoms with Crippen LogP contribution in [-0.4, -0.2) is 39.9 Å². The van der Waals surface area contributed by atoms with Gasteiger partial charge in [-0.15, -0.1) is 0 Å². The predicted molar refractivity (Wildman–Crippen MR) is 101 cm³/mol. The second-order valence-electron chi connectivity index (χ2n) is 5.53. The Labute approximate surface area is 153 Å². The number of carbonyl (C=O) groups is 1. The highest BCUT2D eigenvalue weighted by atomic mass is 32.2. The summed E-state index contributed by atoms with van der Waals surface area (Å²) in [5.41, 5.74) is 1.39. The number of aliphatic imine (C=N–C) groups is 1. The second-order valence-corrected chi connectivity index (χ2v) is 7.17. The van der Waals surface area contributed by atoms with E-state index < -0.39 is 10.1 Å². The van der Waals surface area contributed by atoms with E-state index in [1.807, 2.05) is 18.2 Å². The van der Waals surface area contributed by atoms with Crippen LogP contribution >= 0.6 is 0 Å². The summed E-state index contributed by atoms with van der Waals surface area (Å²) in [5, 5.41) is 0. The monoisotopic (exact) mass is 375 g/mol. The molecule has 7 heteroatoms. The van der Waals surface area contributed by atoms with E-state index in [1.165, 1.54) is 0 Å². The lowest BCUT2D eigenvalue weighted by Crippen LogP contribution is -2.07. The van der Waals surface area contributed by atoms with Crippen LogP contribution < -0.4 is 4.74 Å². The van der Waals surface area contributed by atoms with Crippen molar-refractivity contribution in [3.05, 3.63) is 60.2 Å². The zero-order valence-electron chi connectivity index (χ0n) is 14.5. The molecule has 0 aliphatic rings. The van der Waals surface area contributed by atoms with Crippen LogP contribution in [0.5, 0.6) is 5.75 Å². The molecule has 0 aliphatic carbocycles. The first-order chi connectivity index (χ1) is 12.4. The molecule has 138 valence electrons. The van der Waals surface area contributed by atoms with Gasteiger partial charge in [0, 0.05) is 24.6 Å². The van der Waals surface area contributed by atoms with E-state index >= 15 is 0 Å². The van der Waals surface area contributed by atoms with Crippen LogP contribution in [0.25, 0.3) is 0 Å². The van der Waals surface area contributed by atoms with Crippen LogP contribution in [0.3, 0.4) is 0 Å². The Morgan fingerprint density at radius 1 is 1.04 bits per heavy atom. The topological polar surface area (TPSA) is 82.0 Å². The van der Waals surface area contributed by atoms with Gasteiger partial charge in [0.25, 0.3) is 10.1 Å². The molecule has 0 fully saturated rings. The average Bonchev–Trinajstić information content (AvgIpc) is 2.62. The van der Waals surface area contributed by atoms with E-state index in [0.29, 0.717) is 24.3 Å². The van der Waals surface area contributed by atoms with E-state index in [2.05, 4.69) is 9.18 Å². The van der Waals surface area contributed by atoms with Gasteiger partial charge in [-0.3, -0.25) is 14.0 Å². The lowest BCUT2D eigenvalue weighted by Gasteiger charge is -2.06. The van der Waals surface area contributed by atoms with Crippen LogP contribution in [0, 0.1) is 0 Å². The van der Waals surface area contributed by atoms with Gasteiger partial charge in [-0.2, -0.15) is 8.42 Å². The van der Waals surface area contributed by atoms with E-state index in [-0.39, 0.29) is 18.8 Å². The number of ether oxygens (including phenoxy) is 1. The highest BCUT2D eigenvalue weighted by Crippen LogP contribution is 2.18. The standard InChI is InChI=1S/C19H21NO5S/c1-26(22,23)25-15-5-14-24-18-10-8-17(9-11-18)20-13-12-19(21)16-6-3-2-4-7-16/h2-4,6-11,13H,5,12,14-15H2,1H3. The lowest BCUT2D eigenvalue weighted by molar-refractivity contribution is 0.100. The molecule has 0 saturated carbocycles. The molecule has 0 atom stereocenters. The minimum Gasteiger partial charge on any atom is -0.494 e. The van der Waals surface area contributed by atoms with Gasteiger partial charge < -0.3 is 4.74 Å². The fourth-order valence-corrected chi connectivity index (χ4v) is 2.48. The van der Waals surface area contributed by atoms with E-state index in [0.717, 1.165) is 11.9 Å². The Hall–Kier alpha value is -2.51. The molecule has 0 spiro atoms. The molecule has 26 heavy (non-hydrogen) atoms. The summed E-state index contributed by atoms with van der Waals surface area (Å²) in [4.78, 5) is 16.2.